The first-order chi connectivity index (χ1) is 17.7. The largest absolute Gasteiger partial charge is 0.508 e. The van der Waals surface area contributed by atoms with Crippen LogP contribution in [0.4, 0.5) is 0 Å². The Morgan fingerprint density at radius 3 is 1.55 bits per heavy atom. The van der Waals surface area contributed by atoms with Crippen LogP contribution in [0.3, 0.4) is 0 Å². The molecule has 0 bridgehead atoms. The van der Waals surface area contributed by atoms with Crippen LogP contribution in [0.25, 0.3) is 27.2 Å². The van der Waals surface area contributed by atoms with E-state index in [1.54, 1.807) is 57.2 Å². The van der Waals surface area contributed by atoms with Gasteiger partial charge in [-0.2, -0.15) is 0 Å². The molecule has 8 nitrogen and oxygen atoms in total. The zero-order valence-corrected chi connectivity index (χ0v) is 22.1. The van der Waals surface area contributed by atoms with Crippen molar-refractivity contribution in [1.29, 1.82) is 0 Å². The fraction of sp³-hybridized carbons (Fsp3) is 0.267. The van der Waals surface area contributed by atoms with Gasteiger partial charge in [-0.05, 0) is 74.2 Å². The Morgan fingerprint density at radius 1 is 0.632 bits per heavy atom. The van der Waals surface area contributed by atoms with E-state index < -0.39 is 27.8 Å². The number of ether oxygens (including phenoxy) is 1. The lowest BCUT2D eigenvalue weighted by Gasteiger charge is -2.20. The third kappa shape index (κ3) is 3.93. The minimum atomic E-state index is -0.741. The molecule has 0 aliphatic carbocycles. The van der Waals surface area contributed by atoms with Crippen molar-refractivity contribution >= 4 is 21.5 Å². The third-order valence-electron chi connectivity index (χ3n) is 6.67. The lowest BCUT2D eigenvalue weighted by molar-refractivity contribution is 0.380. The summed E-state index contributed by atoms with van der Waals surface area (Å²) in [5.41, 5.74) is -1.95. The molecule has 1 N–H and O–H groups in total. The van der Waals surface area contributed by atoms with E-state index >= 15 is 0 Å². The topological polar surface area (TPSA) is 108 Å². The molecule has 3 aromatic carbocycles. The Bertz CT molecular complexity index is 1860. The number of hydrogen-bond donors (Lipinski definition) is 1. The fourth-order valence-corrected chi connectivity index (χ4v) is 4.83. The first-order valence-corrected chi connectivity index (χ1v) is 12.3. The van der Waals surface area contributed by atoms with E-state index in [2.05, 4.69) is 0 Å². The van der Waals surface area contributed by atoms with Crippen LogP contribution < -0.4 is 27.0 Å². The monoisotopic (exact) mass is 512 g/mol. The lowest BCUT2D eigenvalue weighted by Crippen LogP contribution is -2.38. The van der Waals surface area contributed by atoms with Gasteiger partial charge in [0.05, 0.1) is 27.2 Å². The number of hydrogen-bond acceptors (Lipinski definition) is 6. The molecule has 0 unspecified atom stereocenters. The highest BCUT2D eigenvalue weighted by Crippen LogP contribution is 2.34. The maximum atomic E-state index is 13.2. The second-order valence-corrected chi connectivity index (χ2v) is 11.5. The molecule has 2 heterocycles. The minimum absolute atomic E-state index is 0.0837. The highest BCUT2D eigenvalue weighted by Gasteiger charge is 2.25. The molecule has 38 heavy (non-hydrogen) atoms. The van der Waals surface area contributed by atoms with Crippen molar-refractivity contribution in [3.8, 4) is 22.9 Å². The second-order valence-electron chi connectivity index (χ2n) is 11.5. The van der Waals surface area contributed by atoms with Gasteiger partial charge in [0.15, 0.2) is 0 Å². The predicted molar refractivity (Wildman–Crippen MR) is 148 cm³/mol. The summed E-state index contributed by atoms with van der Waals surface area (Å²) in [4.78, 5) is 52.3. The first-order valence-electron chi connectivity index (χ1n) is 12.3. The molecule has 0 saturated carbocycles. The molecule has 194 valence electrons. The van der Waals surface area contributed by atoms with E-state index in [1.807, 2.05) is 26.8 Å². The predicted octanol–water partition coefficient (Wildman–Crippen LogP) is 4.45. The van der Waals surface area contributed by atoms with Crippen LogP contribution in [0.5, 0.6) is 17.2 Å². The van der Waals surface area contributed by atoms with Crippen molar-refractivity contribution in [3.05, 3.63) is 102 Å². The standard InChI is InChI=1S/C30H28N2O6/c1-29(2,3)23-12-11-18(13-24(23)33)38-17-9-7-16(8-10-17)31-25(34)19-14-21-22(15-20(19)26(31)35)28(37)32(27(21)36)30(4,5)6/h7-15,33H,1-6H3. The Morgan fingerprint density at radius 2 is 1.11 bits per heavy atom. The SMILES string of the molecule is CC(C)(C)c1ccc(Oc2ccc(-n3c(=O)c4cc5c(=O)n(C(C)(C)C)c(=O)c5cc4c3=O)cc2)cc1O. The summed E-state index contributed by atoms with van der Waals surface area (Å²) < 4.78 is 8.01. The summed E-state index contributed by atoms with van der Waals surface area (Å²) in [5.74, 6) is 1.02. The van der Waals surface area contributed by atoms with E-state index in [1.165, 1.54) is 12.1 Å². The fourth-order valence-electron chi connectivity index (χ4n) is 4.83. The van der Waals surface area contributed by atoms with Crippen molar-refractivity contribution in [2.75, 3.05) is 0 Å². The van der Waals surface area contributed by atoms with Crippen LogP contribution in [0.1, 0.15) is 47.1 Å². The summed E-state index contributed by atoms with van der Waals surface area (Å²) in [5, 5.41) is 10.8. The molecule has 0 aliphatic heterocycles. The number of rotatable bonds is 3. The number of aromatic hydroxyl groups is 1. The van der Waals surface area contributed by atoms with Gasteiger partial charge in [0.1, 0.15) is 17.2 Å². The highest BCUT2D eigenvalue weighted by molar-refractivity contribution is 5.98. The zero-order valence-electron chi connectivity index (χ0n) is 22.1. The van der Waals surface area contributed by atoms with Gasteiger partial charge in [0.25, 0.3) is 22.2 Å². The van der Waals surface area contributed by atoms with Gasteiger partial charge in [-0.1, -0.05) is 26.8 Å². The second kappa shape index (κ2) is 8.28. The van der Waals surface area contributed by atoms with Gasteiger partial charge in [-0.25, -0.2) is 4.57 Å². The van der Waals surface area contributed by atoms with Gasteiger partial charge in [-0.15, -0.1) is 0 Å². The van der Waals surface area contributed by atoms with Crippen molar-refractivity contribution in [2.24, 2.45) is 0 Å². The van der Waals surface area contributed by atoms with Gasteiger partial charge in [-0.3, -0.25) is 23.7 Å². The van der Waals surface area contributed by atoms with Crippen molar-refractivity contribution in [1.82, 2.24) is 9.13 Å². The normalized spacial score (nSPS) is 12.5. The number of fused-ring (bicyclic) bond motifs is 2. The first kappa shape index (κ1) is 25.2. The minimum Gasteiger partial charge on any atom is -0.508 e. The van der Waals surface area contributed by atoms with Crippen LogP contribution in [0, 0.1) is 0 Å². The summed E-state index contributed by atoms with van der Waals surface area (Å²) in [6, 6.07) is 14.2. The third-order valence-corrected chi connectivity index (χ3v) is 6.67. The molecular weight excluding hydrogens is 484 g/mol. The number of phenolic OH excluding ortho intramolecular Hbond substituents is 1. The molecule has 0 atom stereocenters. The summed E-state index contributed by atoms with van der Waals surface area (Å²) in [6.45, 7) is 11.3. The number of nitrogens with zero attached hydrogens (tertiary/aromatic N) is 2. The lowest BCUT2D eigenvalue weighted by atomic mass is 9.86. The molecule has 5 rings (SSSR count). The molecule has 2 aromatic heterocycles. The van der Waals surface area contributed by atoms with Crippen molar-refractivity contribution in [3.63, 3.8) is 0 Å². The molecule has 5 aromatic rings. The van der Waals surface area contributed by atoms with E-state index in [0.717, 1.165) is 14.7 Å². The van der Waals surface area contributed by atoms with E-state index in [-0.39, 0.29) is 32.7 Å². The number of phenols is 1. The molecular formula is C30H28N2O6. The average Bonchev–Trinajstić information content (AvgIpc) is 3.21. The summed E-state index contributed by atoms with van der Waals surface area (Å²) >= 11 is 0. The molecule has 8 heteroatoms. The Balaban J connectivity index is 1.54. The van der Waals surface area contributed by atoms with Gasteiger partial charge >= 0.3 is 0 Å². The molecule has 0 saturated heterocycles. The van der Waals surface area contributed by atoms with Crippen LogP contribution in [-0.4, -0.2) is 14.2 Å². The highest BCUT2D eigenvalue weighted by atomic mass is 16.5. The van der Waals surface area contributed by atoms with Crippen molar-refractivity contribution in [2.45, 2.75) is 52.5 Å². The molecule has 0 amide bonds. The van der Waals surface area contributed by atoms with Gasteiger partial charge in [0, 0.05) is 11.6 Å². The Hall–Kier alpha value is -4.46. The van der Waals surface area contributed by atoms with Gasteiger partial charge < -0.3 is 9.84 Å². The van der Waals surface area contributed by atoms with Crippen LogP contribution >= 0.6 is 0 Å². The van der Waals surface area contributed by atoms with Gasteiger partial charge in [0.2, 0.25) is 0 Å². The van der Waals surface area contributed by atoms with E-state index in [9.17, 15) is 24.3 Å². The van der Waals surface area contributed by atoms with Crippen molar-refractivity contribution < 1.29 is 9.84 Å². The van der Waals surface area contributed by atoms with Crippen LogP contribution in [0.2, 0.25) is 0 Å². The molecule has 0 aliphatic rings. The average molecular weight is 513 g/mol. The number of benzene rings is 3. The van der Waals surface area contributed by atoms with Crippen LogP contribution in [-0.2, 0) is 11.0 Å². The number of aromatic nitrogens is 2. The maximum Gasteiger partial charge on any atom is 0.266 e. The van der Waals surface area contributed by atoms with Crippen LogP contribution in [0.15, 0.2) is 73.8 Å². The molecule has 0 spiro atoms. The maximum absolute atomic E-state index is 13.2. The zero-order chi connectivity index (χ0) is 27.7. The Labute approximate surface area is 217 Å². The smallest absolute Gasteiger partial charge is 0.266 e. The summed E-state index contributed by atoms with van der Waals surface area (Å²) in [7, 11) is 0. The van der Waals surface area contributed by atoms with E-state index in [4.69, 9.17) is 4.74 Å². The summed E-state index contributed by atoms with van der Waals surface area (Å²) in [6.07, 6.45) is 0. The quantitative estimate of drug-likeness (QED) is 0.383. The van der Waals surface area contributed by atoms with E-state index in [0.29, 0.717) is 17.2 Å². The molecule has 0 fully saturated rings. The Kier molecular flexibility index (Phi) is 5.49. The molecule has 0 radical (unpaired) electrons.